The Kier molecular flexibility index (Phi) is 5.51. The SMILES string of the molecule is CC(C)Oc1ccc(S(C)(=O)=O)cc1C(=O)N1Cc2ccc(N3CCCC3=O)cc2C1. The van der Waals surface area contributed by atoms with Crippen LogP contribution in [-0.4, -0.2) is 44.0 Å². The largest absolute Gasteiger partial charge is 0.490 e. The first-order valence-corrected chi connectivity index (χ1v) is 12.2. The molecule has 4 rings (SSSR count). The topological polar surface area (TPSA) is 84.0 Å². The van der Waals surface area contributed by atoms with Gasteiger partial charge in [-0.1, -0.05) is 6.07 Å². The second kappa shape index (κ2) is 8.00. The molecule has 0 bridgehead atoms. The Balaban J connectivity index is 1.62. The Bertz CT molecular complexity index is 1160. The molecule has 1 saturated heterocycles. The van der Waals surface area contributed by atoms with Crippen LogP contribution in [-0.2, 0) is 27.7 Å². The van der Waals surface area contributed by atoms with Gasteiger partial charge < -0.3 is 14.5 Å². The number of amides is 2. The first-order valence-electron chi connectivity index (χ1n) is 10.4. The highest BCUT2D eigenvalue weighted by Crippen LogP contribution is 2.32. The third kappa shape index (κ3) is 4.30. The molecule has 0 radical (unpaired) electrons. The van der Waals surface area contributed by atoms with Gasteiger partial charge in [0.05, 0.1) is 16.6 Å². The molecule has 0 aromatic heterocycles. The Labute approximate surface area is 182 Å². The number of ether oxygens (including phenoxy) is 1. The lowest BCUT2D eigenvalue weighted by Crippen LogP contribution is -2.26. The van der Waals surface area contributed by atoms with Gasteiger partial charge in [-0.25, -0.2) is 8.42 Å². The van der Waals surface area contributed by atoms with Crippen LogP contribution in [0, 0.1) is 0 Å². The molecular formula is C23H26N2O5S. The number of hydrogen-bond donors (Lipinski definition) is 0. The van der Waals surface area contributed by atoms with E-state index in [1.54, 1.807) is 15.9 Å². The molecule has 2 aromatic rings. The van der Waals surface area contributed by atoms with Crippen LogP contribution in [0.4, 0.5) is 5.69 Å². The van der Waals surface area contributed by atoms with Crippen molar-refractivity contribution in [1.82, 2.24) is 4.90 Å². The van der Waals surface area contributed by atoms with Crippen LogP contribution in [0.2, 0.25) is 0 Å². The molecule has 0 spiro atoms. The van der Waals surface area contributed by atoms with Crippen molar-refractivity contribution < 1.29 is 22.7 Å². The molecule has 0 aliphatic carbocycles. The number of anilines is 1. The molecule has 8 heteroatoms. The van der Waals surface area contributed by atoms with Crippen molar-refractivity contribution in [2.24, 2.45) is 0 Å². The average molecular weight is 443 g/mol. The number of benzene rings is 2. The summed E-state index contributed by atoms with van der Waals surface area (Å²) >= 11 is 0. The lowest BCUT2D eigenvalue weighted by Gasteiger charge is -2.20. The average Bonchev–Trinajstić information content (AvgIpc) is 3.31. The summed E-state index contributed by atoms with van der Waals surface area (Å²) in [6.45, 7) is 5.24. The number of hydrogen-bond acceptors (Lipinski definition) is 5. The molecule has 0 N–H and O–H groups in total. The van der Waals surface area contributed by atoms with E-state index in [0.29, 0.717) is 31.8 Å². The third-order valence-corrected chi connectivity index (χ3v) is 6.67. The summed E-state index contributed by atoms with van der Waals surface area (Å²) in [6, 6.07) is 10.3. The summed E-state index contributed by atoms with van der Waals surface area (Å²) < 4.78 is 29.8. The highest BCUT2D eigenvalue weighted by Gasteiger charge is 2.29. The van der Waals surface area contributed by atoms with Gasteiger partial charge in [-0.05, 0) is 61.7 Å². The Morgan fingerprint density at radius 2 is 1.81 bits per heavy atom. The molecule has 2 aliphatic heterocycles. The summed E-state index contributed by atoms with van der Waals surface area (Å²) in [4.78, 5) is 29.0. The zero-order valence-electron chi connectivity index (χ0n) is 17.9. The van der Waals surface area contributed by atoms with Gasteiger partial charge in [-0.3, -0.25) is 9.59 Å². The summed E-state index contributed by atoms with van der Waals surface area (Å²) in [5.41, 5.74) is 3.11. The maximum absolute atomic E-state index is 13.4. The van der Waals surface area contributed by atoms with Crippen LogP contribution in [0.15, 0.2) is 41.3 Å². The predicted molar refractivity (Wildman–Crippen MR) is 117 cm³/mol. The number of carbonyl (C=O) groups excluding carboxylic acids is 2. The molecule has 31 heavy (non-hydrogen) atoms. The summed E-state index contributed by atoms with van der Waals surface area (Å²) in [6.07, 6.45) is 2.38. The normalized spacial score (nSPS) is 16.2. The minimum Gasteiger partial charge on any atom is -0.490 e. The molecule has 1 fully saturated rings. The lowest BCUT2D eigenvalue weighted by atomic mass is 10.1. The first-order chi connectivity index (χ1) is 14.6. The smallest absolute Gasteiger partial charge is 0.258 e. The molecule has 0 atom stereocenters. The van der Waals surface area contributed by atoms with Crippen LogP contribution >= 0.6 is 0 Å². The van der Waals surface area contributed by atoms with Gasteiger partial charge in [-0.2, -0.15) is 0 Å². The Morgan fingerprint density at radius 3 is 2.45 bits per heavy atom. The van der Waals surface area contributed by atoms with Crippen LogP contribution in [0.3, 0.4) is 0 Å². The number of carbonyl (C=O) groups is 2. The summed E-state index contributed by atoms with van der Waals surface area (Å²) in [5, 5.41) is 0. The van der Waals surface area contributed by atoms with Gasteiger partial charge in [-0.15, -0.1) is 0 Å². The number of sulfone groups is 1. The number of rotatable bonds is 5. The fraction of sp³-hybridized carbons (Fsp3) is 0.391. The zero-order chi connectivity index (χ0) is 22.3. The van der Waals surface area contributed by atoms with E-state index in [9.17, 15) is 18.0 Å². The van der Waals surface area contributed by atoms with Crippen LogP contribution < -0.4 is 9.64 Å². The maximum Gasteiger partial charge on any atom is 0.258 e. The predicted octanol–water partition coefficient (Wildman–Crippen LogP) is 3.16. The molecular weight excluding hydrogens is 416 g/mol. The fourth-order valence-corrected chi connectivity index (χ4v) is 4.69. The molecule has 7 nitrogen and oxygen atoms in total. The van der Waals surface area contributed by atoms with Crippen LogP contribution in [0.1, 0.15) is 48.2 Å². The number of nitrogens with zero attached hydrogens (tertiary/aromatic N) is 2. The van der Waals surface area contributed by atoms with E-state index in [1.165, 1.54) is 12.1 Å². The Morgan fingerprint density at radius 1 is 1.06 bits per heavy atom. The van der Waals surface area contributed by atoms with E-state index in [4.69, 9.17) is 4.74 Å². The van der Waals surface area contributed by atoms with Gasteiger partial charge in [0.15, 0.2) is 9.84 Å². The second-order valence-corrected chi connectivity index (χ2v) is 10.4. The van der Waals surface area contributed by atoms with Crippen molar-refractivity contribution in [2.45, 2.75) is 50.8 Å². The molecule has 164 valence electrons. The summed E-state index contributed by atoms with van der Waals surface area (Å²) in [5.74, 6) is 0.210. The highest BCUT2D eigenvalue weighted by atomic mass is 32.2. The zero-order valence-corrected chi connectivity index (χ0v) is 18.7. The molecule has 2 amide bonds. The van der Waals surface area contributed by atoms with Gasteiger partial charge >= 0.3 is 0 Å². The van der Waals surface area contributed by atoms with Crippen LogP contribution in [0.5, 0.6) is 5.75 Å². The van der Waals surface area contributed by atoms with Gasteiger partial charge in [0.2, 0.25) is 5.91 Å². The van der Waals surface area contributed by atoms with Crippen molar-refractivity contribution >= 4 is 27.3 Å². The van der Waals surface area contributed by atoms with E-state index in [0.717, 1.165) is 29.5 Å². The molecule has 2 heterocycles. The van der Waals surface area contributed by atoms with E-state index in [-0.39, 0.29) is 28.4 Å². The molecule has 0 saturated carbocycles. The molecule has 2 aliphatic rings. The second-order valence-electron chi connectivity index (χ2n) is 8.36. The summed E-state index contributed by atoms with van der Waals surface area (Å²) in [7, 11) is -3.47. The van der Waals surface area contributed by atoms with Crippen molar-refractivity contribution in [3.8, 4) is 5.75 Å². The van der Waals surface area contributed by atoms with Gasteiger partial charge in [0.1, 0.15) is 5.75 Å². The standard InChI is InChI=1S/C23H26N2O5S/c1-15(2)30-21-9-8-19(31(3,28)29)12-20(21)23(27)24-13-16-6-7-18(11-17(16)14-24)25-10-4-5-22(25)26/h6-9,11-12,15H,4-5,10,13-14H2,1-3H3. The number of fused-ring (bicyclic) bond motifs is 1. The van der Waals surface area contributed by atoms with Gasteiger partial charge in [0.25, 0.3) is 5.91 Å². The maximum atomic E-state index is 13.4. The lowest BCUT2D eigenvalue weighted by molar-refractivity contribution is -0.117. The highest BCUT2D eigenvalue weighted by molar-refractivity contribution is 7.90. The minimum atomic E-state index is -3.47. The molecule has 2 aromatic carbocycles. The van der Waals surface area contributed by atoms with Crippen molar-refractivity contribution in [3.63, 3.8) is 0 Å². The minimum absolute atomic E-state index is 0.0819. The van der Waals surface area contributed by atoms with E-state index >= 15 is 0 Å². The fourth-order valence-electron chi connectivity index (χ4n) is 4.05. The van der Waals surface area contributed by atoms with Crippen molar-refractivity contribution in [1.29, 1.82) is 0 Å². The molecule has 0 unspecified atom stereocenters. The van der Waals surface area contributed by atoms with E-state index in [1.807, 2.05) is 32.0 Å². The first kappa shape index (κ1) is 21.4. The third-order valence-electron chi connectivity index (χ3n) is 5.56. The van der Waals surface area contributed by atoms with Crippen LogP contribution in [0.25, 0.3) is 0 Å². The Hall–Kier alpha value is -2.87. The van der Waals surface area contributed by atoms with E-state index < -0.39 is 9.84 Å². The quantitative estimate of drug-likeness (QED) is 0.710. The van der Waals surface area contributed by atoms with Gasteiger partial charge in [0, 0.05) is 38.0 Å². The van der Waals surface area contributed by atoms with Crippen molar-refractivity contribution in [3.05, 3.63) is 53.1 Å². The monoisotopic (exact) mass is 442 g/mol. The van der Waals surface area contributed by atoms with E-state index in [2.05, 4.69) is 0 Å². The van der Waals surface area contributed by atoms with Crippen molar-refractivity contribution in [2.75, 3.05) is 17.7 Å².